The molecule has 0 saturated heterocycles. The number of carbonyl (C=O) groups excluding carboxylic acids is 3. The molecule has 3 atom stereocenters. The maximum atomic E-state index is 12.7. The highest BCUT2D eigenvalue weighted by molar-refractivity contribution is 5.93. The fourth-order valence-corrected chi connectivity index (χ4v) is 2.41. The molecule has 0 unspecified atom stereocenters. The highest BCUT2D eigenvalue weighted by Gasteiger charge is 2.30. The smallest absolute Gasteiger partial charge is 0.243 e. The molecule has 7 heteroatoms. The number of H-pyrrole nitrogens is 1. The molecule has 3 N–H and O–H groups in total. The minimum absolute atomic E-state index is 0.000755. The molecule has 0 aromatic carbocycles. The molecule has 0 bridgehead atoms. The second kappa shape index (κ2) is 9.20. The fourth-order valence-electron chi connectivity index (χ4n) is 2.41. The van der Waals surface area contributed by atoms with Gasteiger partial charge in [0.25, 0.3) is 0 Å². The average molecular weight is 336 g/mol. The van der Waals surface area contributed by atoms with E-state index in [1.54, 1.807) is 6.20 Å². The quantitative estimate of drug-likeness (QED) is 0.630. The van der Waals surface area contributed by atoms with Gasteiger partial charge in [-0.3, -0.25) is 14.4 Å². The number of hydrogen-bond acceptors (Lipinski definition) is 4. The van der Waals surface area contributed by atoms with Crippen molar-refractivity contribution < 1.29 is 14.4 Å². The molecule has 1 heterocycles. The van der Waals surface area contributed by atoms with Gasteiger partial charge in [-0.15, -0.1) is 0 Å². The first-order valence-corrected chi connectivity index (χ1v) is 8.34. The van der Waals surface area contributed by atoms with Crippen LogP contribution in [0.25, 0.3) is 0 Å². The molecule has 0 fully saturated rings. The van der Waals surface area contributed by atoms with Crippen molar-refractivity contribution in [1.82, 2.24) is 20.6 Å². The molecular formula is C17H28N4O3. The largest absolute Gasteiger partial charge is 0.348 e. The van der Waals surface area contributed by atoms with E-state index in [4.69, 9.17) is 0 Å². The Kier molecular flexibility index (Phi) is 7.61. The Bertz CT molecular complexity index is 554. The first-order chi connectivity index (χ1) is 11.3. The van der Waals surface area contributed by atoms with Crippen LogP contribution >= 0.6 is 0 Å². The first kappa shape index (κ1) is 19.9. The molecule has 0 spiro atoms. The van der Waals surface area contributed by atoms with Crippen LogP contribution in [0.1, 0.15) is 46.7 Å². The number of amides is 2. The Hall–Kier alpha value is -2.18. The first-order valence-electron chi connectivity index (χ1n) is 8.34. The zero-order valence-corrected chi connectivity index (χ0v) is 15.1. The Morgan fingerprint density at radius 3 is 2.33 bits per heavy atom. The van der Waals surface area contributed by atoms with Gasteiger partial charge in [0, 0.05) is 31.2 Å². The van der Waals surface area contributed by atoms with Crippen molar-refractivity contribution in [3.63, 3.8) is 0 Å². The molecule has 24 heavy (non-hydrogen) atoms. The lowest BCUT2D eigenvalue weighted by Gasteiger charge is -2.27. The van der Waals surface area contributed by atoms with Gasteiger partial charge in [-0.25, -0.2) is 4.98 Å². The number of nitrogens with one attached hydrogen (secondary N) is 3. The Morgan fingerprint density at radius 2 is 1.88 bits per heavy atom. The Balaban J connectivity index is 2.89. The van der Waals surface area contributed by atoms with Crippen molar-refractivity contribution in [2.75, 3.05) is 0 Å². The third kappa shape index (κ3) is 5.79. The van der Waals surface area contributed by atoms with Crippen LogP contribution in [0.5, 0.6) is 0 Å². The summed E-state index contributed by atoms with van der Waals surface area (Å²) in [5.41, 5.74) is 0.735. The fraction of sp³-hybridized carbons (Fsp3) is 0.647. The second-order valence-corrected chi connectivity index (χ2v) is 6.46. The summed E-state index contributed by atoms with van der Waals surface area (Å²) in [7, 11) is 0. The summed E-state index contributed by atoms with van der Waals surface area (Å²) in [6.07, 6.45) is 4.18. The number of Topliss-reactive ketones (excluding diaryl/α,β-unsaturated/α-hetero) is 1. The number of aromatic amines is 1. The predicted octanol–water partition coefficient (Wildman–Crippen LogP) is 1.21. The number of ketones is 1. The monoisotopic (exact) mass is 336 g/mol. The van der Waals surface area contributed by atoms with Gasteiger partial charge in [-0.05, 0) is 5.92 Å². The van der Waals surface area contributed by atoms with Crippen molar-refractivity contribution in [2.24, 2.45) is 11.8 Å². The van der Waals surface area contributed by atoms with E-state index in [-0.39, 0.29) is 35.9 Å². The predicted molar refractivity (Wildman–Crippen MR) is 91.1 cm³/mol. The van der Waals surface area contributed by atoms with Gasteiger partial charge in [0.05, 0.1) is 12.4 Å². The Morgan fingerprint density at radius 1 is 1.21 bits per heavy atom. The van der Waals surface area contributed by atoms with Gasteiger partial charge in [0.1, 0.15) is 6.04 Å². The van der Waals surface area contributed by atoms with E-state index in [1.807, 2.05) is 27.7 Å². The van der Waals surface area contributed by atoms with Gasteiger partial charge >= 0.3 is 0 Å². The minimum Gasteiger partial charge on any atom is -0.348 e. The highest BCUT2D eigenvalue weighted by atomic mass is 16.2. The van der Waals surface area contributed by atoms with Crippen molar-refractivity contribution in [2.45, 2.75) is 59.5 Å². The standard InChI is InChI=1S/C17H28N4O3/c1-6-11(4)15(16(23)10(2)3)21-17(24)14(20-12(5)22)7-13-8-18-9-19-13/h8-11,14-15H,6-7H2,1-5H3,(H,18,19)(H,20,22)(H,21,24)/t11-,14-,15-/m0/s1. The number of aromatic nitrogens is 2. The van der Waals surface area contributed by atoms with Crippen molar-refractivity contribution in [1.29, 1.82) is 0 Å². The number of rotatable bonds is 9. The lowest BCUT2D eigenvalue weighted by atomic mass is 9.90. The maximum Gasteiger partial charge on any atom is 0.243 e. The summed E-state index contributed by atoms with van der Waals surface area (Å²) in [6.45, 7) is 8.92. The molecule has 1 rings (SSSR count). The van der Waals surface area contributed by atoms with E-state index in [2.05, 4.69) is 20.6 Å². The van der Waals surface area contributed by atoms with E-state index in [0.717, 1.165) is 12.1 Å². The van der Waals surface area contributed by atoms with Gasteiger partial charge < -0.3 is 15.6 Å². The van der Waals surface area contributed by atoms with Crippen LogP contribution in [0.15, 0.2) is 12.5 Å². The number of imidazole rings is 1. The van der Waals surface area contributed by atoms with Crippen LogP contribution in [-0.4, -0.2) is 39.6 Å². The summed E-state index contributed by atoms with van der Waals surface area (Å²) in [5.74, 6) is -0.810. The van der Waals surface area contributed by atoms with Crippen molar-refractivity contribution >= 4 is 17.6 Å². The van der Waals surface area contributed by atoms with Crippen LogP contribution in [-0.2, 0) is 20.8 Å². The van der Waals surface area contributed by atoms with Crippen molar-refractivity contribution in [3.05, 3.63) is 18.2 Å². The molecule has 7 nitrogen and oxygen atoms in total. The average Bonchev–Trinajstić information content (AvgIpc) is 3.02. The molecule has 0 aliphatic rings. The summed E-state index contributed by atoms with van der Waals surface area (Å²) in [5, 5.41) is 5.47. The van der Waals surface area contributed by atoms with E-state index >= 15 is 0 Å². The van der Waals surface area contributed by atoms with Crippen molar-refractivity contribution in [3.8, 4) is 0 Å². The van der Waals surface area contributed by atoms with E-state index in [9.17, 15) is 14.4 Å². The van der Waals surface area contributed by atoms with E-state index in [0.29, 0.717) is 0 Å². The molecule has 1 aromatic rings. The summed E-state index contributed by atoms with van der Waals surface area (Å²) in [4.78, 5) is 43.3. The zero-order chi connectivity index (χ0) is 18.3. The van der Waals surface area contributed by atoms with Crippen LogP contribution in [0, 0.1) is 11.8 Å². The third-order valence-electron chi connectivity index (χ3n) is 4.06. The number of nitrogens with zero attached hydrogens (tertiary/aromatic N) is 1. The Labute approximate surface area is 143 Å². The summed E-state index contributed by atoms with van der Waals surface area (Å²) >= 11 is 0. The van der Waals surface area contributed by atoms with Gasteiger partial charge in [0.2, 0.25) is 11.8 Å². The molecule has 134 valence electrons. The molecular weight excluding hydrogens is 308 g/mol. The normalized spacial score (nSPS) is 14.8. The van der Waals surface area contributed by atoms with Crippen LogP contribution in [0.2, 0.25) is 0 Å². The molecule has 1 aromatic heterocycles. The number of hydrogen-bond donors (Lipinski definition) is 3. The lowest BCUT2D eigenvalue weighted by molar-refractivity contribution is -0.133. The van der Waals surface area contributed by atoms with Gasteiger partial charge in [0.15, 0.2) is 5.78 Å². The topological polar surface area (TPSA) is 104 Å². The molecule has 0 aliphatic carbocycles. The van der Waals surface area contributed by atoms with Crippen LogP contribution in [0.3, 0.4) is 0 Å². The molecule has 0 saturated carbocycles. The minimum atomic E-state index is -0.755. The van der Waals surface area contributed by atoms with Crippen LogP contribution < -0.4 is 10.6 Å². The van der Waals surface area contributed by atoms with Gasteiger partial charge in [-0.2, -0.15) is 0 Å². The molecule has 0 radical (unpaired) electrons. The SMILES string of the molecule is CC[C@H](C)[C@H](NC(=O)[C@H](Cc1cnc[nH]1)NC(C)=O)C(=O)C(C)C. The van der Waals surface area contributed by atoms with Gasteiger partial charge in [-0.1, -0.05) is 34.1 Å². The summed E-state index contributed by atoms with van der Waals surface area (Å²) in [6, 6.07) is -1.31. The number of carbonyl (C=O) groups is 3. The lowest BCUT2D eigenvalue weighted by Crippen LogP contribution is -2.54. The van der Waals surface area contributed by atoms with E-state index < -0.39 is 12.1 Å². The molecule has 2 amide bonds. The van der Waals surface area contributed by atoms with E-state index in [1.165, 1.54) is 13.3 Å². The molecule has 0 aliphatic heterocycles. The second-order valence-electron chi connectivity index (χ2n) is 6.46. The maximum absolute atomic E-state index is 12.7. The summed E-state index contributed by atoms with van der Waals surface area (Å²) < 4.78 is 0. The van der Waals surface area contributed by atoms with Crippen LogP contribution in [0.4, 0.5) is 0 Å². The highest BCUT2D eigenvalue weighted by Crippen LogP contribution is 2.13. The zero-order valence-electron chi connectivity index (χ0n) is 15.1. The third-order valence-corrected chi connectivity index (χ3v) is 4.06.